The van der Waals surface area contributed by atoms with Crippen molar-refractivity contribution in [1.82, 2.24) is 0 Å². The maximum Gasteiger partial charge on any atom is 0.498 e. The third-order valence-corrected chi connectivity index (χ3v) is 12.4. The van der Waals surface area contributed by atoms with Crippen LogP contribution in [-0.4, -0.2) is 44.5 Å². The van der Waals surface area contributed by atoms with Crippen molar-refractivity contribution in [3.05, 3.63) is 146 Å². The molecule has 0 spiro atoms. The van der Waals surface area contributed by atoms with Crippen molar-refractivity contribution in [2.24, 2.45) is 0 Å². The molecule has 1 fully saturated rings. The summed E-state index contributed by atoms with van der Waals surface area (Å²) in [6.07, 6.45) is 0. The first-order valence-electron chi connectivity index (χ1n) is 18.3. The molecule has 0 N–H and O–H groups in total. The zero-order valence-electron chi connectivity index (χ0n) is 32.5. The van der Waals surface area contributed by atoms with Crippen molar-refractivity contribution >= 4 is 116 Å². The van der Waals surface area contributed by atoms with E-state index in [2.05, 4.69) is 86.3 Å². The van der Waals surface area contributed by atoms with Crippen LogP contribution in [-0.2, 0) is 18.8 Å². The van der Waals surface area contributed by atoms with Gasteiger partial charge in [-0.15, -0.1) is 0 Å². The molecule has 2 aromatic heterocycles. The Bertz CT molecular complexity index is 2810. The first-order valence-corrected chi connectivity index (χ1v) is 20.7. The van der Waals surface area contributed by atoms with Crippen LogP contribution < -0.4 is 5.46 Å². The van der Waals surface area contributed by atoms with Gasteiger partial charge in [0.15, 0.2) is 0 Å². The minimum absolute atomic E-state index is 0.322. The molecule has 8 nitrogen and oxygen atoms in total. The first-order chi connectivity index (χ1) is 27.8. The quantitative estimate of drug-likeness (QED) is 0.127. The van der Waals surface area contributed by atoms with E-state index >= 15 is 0 Å². The third-order valence-electron chi connectivity index (χ3n) is 10.4. The van der Waals surface area contributed by atoms with Gasteiger partial charge in [0.25, 0.3) is 0 Å². The second kappa shape index (κ2) is 16.9. The molecule has 294 valence electrons. The summed E-state index contributed by atoms with van der Waals surface area (Å²) in [5, 5.41) is 4.19. The summed E-state index contributed by atoms with van der Waals surface area (Å²) in [7, 11) is 2.32. The van der Waals surface area contributed by atoms with E-state index < -0.39 is 7.12 Å². The lowest BCUT2D eigenvalue weighted by molar-refractivity contribution is 0.00578. The van der Waals surface area contributed by atoms with Gasteiger partial charge >= 0.3 is 19.1 Å². The van der Waals surface area contributed by atoms with Gasteiger partial charge in [0.2, 0.25) is 0 Å². The standard InChI is InChI=1S/C20H13BrO3.C18H18BBrO3.C8H7BrO2/c1-23-20(22)14-7-3-2-6-12(14)13-10-11-16(21)18-15-8-4-5-9-17(15)24-19(13)18;1-17(2)18(3,4)23-19(22-17)12-9-10-13(20)15-11-7-5-6-8-14(11)21-16(12)15;1-11-8(10)6-4-2-3-5-7(6)9/h2-11H,1H3;5-10H,1-4H3;2-5H,1H3. The van der Waals surface area contributed by atoms with Crippen LogP contribution in [0, 0.1) is 0 Å². The summed E-state index contributed by atoms with van der Waals surface area (Å²) in [5.41, 5.74) is 6.17. The van der Waals surface area contributed by atoms with E-state index in [9.17, 15) is 9.59 Å². The lowest BCUT2D eigenvalue weighted by atomic mass is 9.78. The number of furan rings is 2. The van der Waals surface area contributed by atoms with Crippen molar-refractivity contribution < 1.29 is 37.2 Å². The van der Waals surface area contributed by atoms with E-state index in [0.717, 1.165) is 73.9 Å². The molecule has 0 radical (unpaired) electrons. The van der Waals surface area contributed by atoms with Gasteiger partial charge in [0.05, 0.1) is 36.5 Å². The Kier molecular flexibility index (Phi) is 12.1. The largest absolute Gasteiger partial charge is 0.498 e. The lowest BCUT2D eigenvalue weighted by Crippen LogP contribution is -2.41. The van der Waals surface area contributed by atoms with Gasteiger partial charge in [-0.3, -0.25) is 0 Å². The number of ether oxygens (including phenoxy) is 2. The zero-order chi connectivity index (χ0) is 41.4. The van der Waals surface area contributed by atoms with Gasteiger partial charge in [0.1, 0.15) is 22.3 Å². The number of hydrogen-bond donors (Lipinski definition) is 0. The molecule has 1 aliphatic rings. The van der Waals surface area contributed by atoms with Gasteiger partial charge in [-0.25, -0.2) is 9.59 Å². The fourth-order valence-corrected chi connectivity index (χ4v) is 8.20. The molecular weight excluding hydrogens is 931 g/mol. The summed E-state index contributed by atoms with van der Waals surface area (Å²) >= 11 is 10.5. The Hall–Kier alpha value is -4.72. The number of para-hydroxylation sites is 2. The summed E-state index contributed by atoms with van der Waals surface area (Å²) in [5.74, 6) is -0.685. The van der Waals surface area contributed by atoms with Gasteiger partial charge < -0.3 is 27.6 Å². The number of carbonyl (C=O) groups excluding carboxylic acids is 2. The highest BCUT2D eigenvalue weighted by atomic mass is 79.9. The number of fused-ring (bicyclic) bond motifs is 6. The van der Waals surface area contributed by atoms with Crippen LogP contribution in [0.1, 0.15) is 48.4 Å². The Morgan fingerprint density at radius 1 is 0.517 bits per heavy atom. The molecule has 6 aromatic carbocycles. The van der Waals surface area contributed by atoms with Crippen LogP contribution in [0.3, 0.4) is 0 Å². The molecule has 1 saturated heterocycles. The van der Waals surface area contributed by atoms with Crippen LogP contribution >= 0.6 is 47.8 Å². The van der Waals surface area contributed by atoms with Gasteiger partial charge in [-0.2, -0.15) is 0 Å². The molecule has 8 aromatic rings. The fourth-order valence-electron chi connectivity index (χ4n) is 6.71. The van der Waals surface area contributed by atoms with Gasteiger partial charge in [0, 0.05) is 46.0 Å². The monoisotopic (exact) mass is 966 g/mol. The summed E-state index contributed by atoms with van der Waals surface area (Å²) < 4.78 is 36.8. The van der Waals surface area contributed by atoms with Crippen LogP contribution in [0.15, 0.2) is 144 Å². The predicted octanol–water partition coefficient (Wildman–Crippen LogP) is 12.7. The number of carbonyl (C=O) groups is 2. The van der Waals surface area contributed by atoms with E-state index in [4.69, 9.17) is 22.9 Å². The number of esters is 2. The molecule has 9 rings (SSSR count). The molecule has 0 unspecified atom stereocenters. The van der Waals surface area contributed by atoms with E-state index in [-0.39, 0.29) is 23.1 Å². The molecule has 58 heavy (non-hydrogen) atoms. The Labute approximate surface area is 361 Å². The summed E-state index contributed by atoms with van der Waals surface area (Å²) in [6, 6.07) is 38.5. The molecule has 1 aliphatic heterocycles. The smallest absolute Gasteiger partial charge is 0.465 e. The minimum atomic E-state index is -0.434. The maximum atomic E-state index is 12.1. The highest BCUT2D eigenvalue weighted by molar-refractivity contribution is 9.11. The number of methoxy groups -OCH3 is 2. The van der Waals surface area contributed by atoms with Crippen molar-refractivity contribution in [3.63, 3.8) is 0 Å². The van der Waals surface area contributed by atoms with E-state index in [0.29, 0.717) is 11.1 Å². The number of rotatable bonds is 4. The highest BCUT2D eigenvalue weighted by Gasteiger charge is 2.52. The second-order valence-corrected chi connectivity index (χ2v) is 17.0. The highest BCUT2D eigenvalue weighted by Crippen LogP contribution is 2.42. The molecule has 0 amide bonds. The third kappa shape index (κ3) is 7.88. The number of benzene rings is 6. The zero-order valence-corrected chi connectivity index (χ0v) is 37.3. The van der Waals surface area contributed by atoms with E-state index in [1.807, 2.05) is 91.0 Å². The second-order valence-electron chi connectivity index (χ2n) is 14.4. The molecule has 0 saturated carbocycles. The Morgan fingerprint density at radius 3 is 1.57 bits per heavy atom. The average molecular weight is 969 g/mol. The first kappa shape index (κ1) is 41.4. The van der Waals surface area contributed by atoms with Crippen LogP contribution in [0.4, 0.5) is 0 Å². The molecule has 3 heterocycles. The Balaban J connectivity index is 0.000000142. The van der Waals surface area contributed by atoms with E-state index in [1.54, 1.807) is 24.3 Å². The van der Waals surface area contributed by atoms with Crippen LogP contribution in [0.2, 0.25) is 0 Å². The Morgan fingerprint density at radius 2 is 0.983 bits per heavy atom. The topological polar surface area (TPSA) is 97.3 Å². The average Bonchev–Trinajstić information content (AvgIpc) is 3.87. The summed E-state index contributed by atoms with van der Waals surface area (Å²) in [4.78, 5) is 23.1. The van der Waals surface area contributed by atoms with E-state index in [1.165, 1.54) is 14.2 Å². The fraction of sp³-hybridized carbons (Fsp3) is 0.174. The molecule has 0 aliphatic carbocycles. The van der Waals surface area contributed by atoms with Gasteiger partial charge in [-0.1, -0.05) is 105 Å². The van der Waals surface area contributed by atoms with Crippen molar-refractivity contribution in [2.45, 2.75) is 38.9 Å². The molecule has 0 atom stereocenters. The lowest BCUT2D eigenvalue weighted by Gasteiger charge is -2.32. The molecule has 0 bridgehead atoms. The van der Waals surface area contributed by atoms with Crippen molar-refractivity contribution in [3.8, 4) is 11.1 Å². The molecule has 12 heteroatoms. The van der Waals surface area contributed by atoms with Crippen LogP contribution in [0.5, 0.6) is 0 Å². The van der Waals surface area contributed by atoms with Crippen molar-refractivity contribution in [1.29, 1.82) is 0 Å². The minimum Gasteiger partial charge on any atom is -0.465 e. The predicted molar refractivity (Wildman–Crippen MR) is 241 cm³/mol. The maximum absolute atomic E-state index is 12.1. The number of halogens is 3. The molecular formula is C46H38BBr3O8. The van der Waals surface area contributed by atoms with Gasteiger partial charge in [-0.05, 0) is 97.7 Å². The SMILES string of the molecule is CC1(C)OB(c2ccc(Br)c3c2oc2ccccc23)OC1(C)C.COC(=O)c1ccccc1-c1ccc(Br)c2c1oc1ccccc12.COC(=O)c1ccccc1Br. The van der Waals surface area contributed by atoms with Crippen LogP contribution in [0.25, 0.3) is 55.0 Å². The summed E-state index contributed by atoms with van der Waals surface area (Å²) in [6.45, 7) is 8.23. The number of hydrogen-bond acceptors (Lipinski definition) is 8. The normalized spacial score (nSPS) is 14.2. The van der Waals surface area contributed by atoms with Crippen molar-refractivity contribution in [2.75, 3.05) is 14.2 Å².